The van der Waals surface area contributed by atoms with Gasteiger partial charge in [-0.2, -0.15) is 0 Å². The number of rotatable bonds is 4. The maximum atomic E-state index is 11.6. The Balaban J connectivity index is 2.06. The van der Waals surface area contributed by atoms with Gasteiger partial charge in [-0.3, -0.25) is 9.69 Å². The van der Waals surface area contributed by atoms with E-state index in [9.17, 15) is 9.59 Å². The summed E-state index contributed by atoms with van der Waals surface area (Å²) in [5.41, 5.74) is 6.67. The molecular weight excluding hydrogens is 250 g/mol. The van der Waals surface area contributed by atoms with E-state index < -0.39 is 18.6 Å². The number of benzene rings is 1. The van der Waals surface area contributed by atoms with Crippen LogP contribution in [0.3, 0.4) is 0 Å². The maximum absolute atomic E-state index is 11.6. The predicted octanol–water partition coefficient (Wildman–Crippen LogP) is -0.0987. The standard InChI is InChI=1S/C12H15N3O4/c13-5-10-6-15(12(18)19-10)9-3-1-8(2-4-9)14-11(17)7-16/h1-4,10,16H,5-7,13H2,(H,14,17)/t10-/m0/s1. The molecule has 1 aliphatic heterocycles. The molecule has 0 unspecified atom stereocenters. The minimum atomic E-state index is -0.571. The zero-order valence-corrected chi connectivity index (χ0v) is 10.2. The van der Waals surface area contributed by atoms with Gasteiger partial charge in [-0.15, -0.1) is 0 Å². The highest BCUT2D eigenvalue weighted by Gasteiger charge is 2.31. The van der Waals surface area contributed by atoms with E-state index in [0.29, 0.717) is 17.9 Å². The number of aliphatic hydroxyl groups is 1. The number of nitrogens with zero attached hydrogens (tertiary/aromatic N) is 1. The van der Waals surface area contributed by atoms with Crippen LogP contribution < -0.4 is 16.0 Å². The molecule has 0 bridgehead atoms. The highest BCUT2D eigenvalue weighted by molar-refractivity contribution is 5.93. The van der Waals surface area contributed by atoms with E-state index >= 15 is 0 Å². The molecule has 7 nitrogen and oxygen atoms in total. The molecule has 0 aromatic heterocycles. The van der Waals surface area contributed by atoms with Crippen LogP contribution in [0, 0.1) is 0 Å². The SMILES string of the molecule is NC[C@H]1CN(c2ccc(NC(=O)CO)cc2)C(=O)O1. The molecule has 0 radical (unpaired) electrons. The Labute approximate surface area is 109 Å². The van der Waals surface area contributed by atoms with Crippen molar-refractivity contribution in [1.82, 2.24) is 0 Å². The van der Waals surface area contributed by atoms with Crippen molar-refractivity contribution in [3.8, 4) is 0 Å². The third kappa shape index (κ3) is 3.01. The van der Waals surface area contributed by atoms with Crippen LogP contribution in [0.4, 0.5) is 16.2 Å². The number of amides is 2. The van der Waals surface area contributed by atoms with E-state index in [2.05, 4.69) is 5.32 Å². The Morgan fingerprint density at radius 1 is 1.47 bits per heavy atom. The van der Waals surface area contributed by atoms with Crippen molar-refractivity contribution in [2.75, 3.05) is 29.9 Å². The summed E-state index contributed by atoms with van der Waals surface area (Å²) in [5, 5.41) is 11.1. The molecule has 0 aliphatic carbocycles. The minimum Gasteiger partial charge on any atom is -0.443 e. The average molecular weight is 265 g/mol. The maximum Gasteiger partial charge on any atom is 0.414 e. The van der Waals surface area contributed by atoms with Crippen LogP contribution in [0.25, 0.3) is 0 Å². The molecule has 1 heterocycles. The number of carbonyl (C=O) groups excluding carboxylic acids is 2. The molecule has 2 amide bonds. The molecule has 4 N–H and O–H groups in total. The topological polar surface area (TPSA) is 105 Å². The van der Waals surface area contributed by atoms with Crippen molar-refractivity contribution in [3.63, 3.8) is 0 Å². The number of hydrogen-bond acceptors (Lipinski definition) is 5. The first-order valence-corrected chi connectivity index (χ1v) is 5.83. The van der Waals surface area contributed by atoms with Crippen LogP contribution in [0.2, 0.25) is 0 Å². The Bertz CT molecular complexity index is 474. The summed E-state index contributed by atoms with van der Waals surface area (Å²) < 4.78 is 5.05. The van der Waals surface area contributed by atoms with E-state index in [1.165, 1.54) is 4.90 Å². The van der Waals surface area contributed by atoms with Gasteiger partial charge in [0.25, 0.3) is 0 Å². The lowest BCUT2D eigenvalue weighted by Gasteiger charge is -2.13. The molecule has 7 heteroatoms. The molecule has 1 atom stereocenters. The van der Waals surface area contributed by atoms with Crippen molar-refractivity contribution >= 4 is 23.4 Å². The highest BCUT2D eigenvalue weighted by atomic mass is 16.6. The van der Waals surface area contributed by atoms with Crippen LogP contribution in [0.15, 0.2) is 24.3 Å². The first-order valence-electron chi connectivity index (χ1n) is 5.83. The predicted molar refractivity (Wildman–Crippen MR) is 68.8 cm³/mol. The molecule has 19 heavy (non-hydrogen) atoms. The van der Waals surface area contributed by atoms with Crippen molar-refractivity contribution in [2.45, 2.75) is 6.10 Å². The molecule has 102 valence electrons. The Morgan fingerprint density at radius 2 is 2.16 bits per heavy atom. The van der Waals surface area contributed by atoms with Gasteiger partial charge in [0.2, 0.25) is 5.91 Å². The van der Waals surface area contributed by atoms with Gasteiger partial charge >= 0.3 is 6.09 Å². The quantitative estimate of drug-likeness (QED) is 0.705. The van der Waals surface area contributed by atoms with Crippen LogP contribution in [-0.4, -0.2) is 42.9 Å². The molecule has 0 saturated carbocycles. The van der Waals surface area contributed by atoms with Gasteiger partial charge in [0.1, 0.15) is 12.7 Å². The Hall–Kier alpha value is -2.12. The minimum absolute atomic E-state index is 0.285. The van der Waals surface area contributed by atoms with E-state index in [1.807, 2.05) is 0 Å². The summed E-state index contributed by atoms with van der Waals surface area (Å²) >= 11 is 0. The third-order valence-corrected chi connectivity index (χ3v) is 2.74. The van der Waals surface area contributed by atoms with Crippen LogP contribution in [0.5, 0.6) is 0 Å². The van der Waals surface area contributed by atoms with E-state index in [0.717, 1.165) is 0 Å². The number of nitrogens with one attached hydrogen (secondary N) is 1. The lowest BCUT2D eigenvalue weighted by atomic mass is 10.2. The Morgan fingerprint density at radius 3 is 2.68 bits per heavy atom. The van der Waals surface area contributed by atoms with Crippen molar-refractivity contribution in [3.05, 3.63) is 24.3 Å². The van der Waals surface area contributed by atoms with Gasteiger partial charge in [0.05, 0.1) is 6.54 Å². The van der Waals surface area contributed by atoms with Gasteiger partial charge in [-0.25, -0.2) is 4.79 Å². The fraction of sp³-hybridized carbons (Fsp3) is 0.333. The van der Waals surface area contributed by atoms with Crippen LogP contribution in [-0.2, 0) is 9.53 Å². The van der Waals surface area contributed by atoms with Crippen molar-refractivity contribution in [2.24, 2.45) is 5.73 Å². The van der Waals surface area contributed by atoms with E-state index in [1.54, 1.807) is 24.3 Å². The van der Waals surface area contributed by atoms with E-state index in [-0.39, 0.29) is 12.6 Å². The molecule has 1 aliphatic rings. The summed E-state index contributed by atoms with van der Waals surface area (Å²) in [7, 11) is 0. The largest absolute Gasteiger partial charge is 0.443 e. The fourth-order valence-corrected chi connectivity index (χ4v) is 1.78. The second-order valence-corrected chi connectivity index (χ2v) is 4.11. The Kier molecular flexibility index (Phi) is 3.98. The smallest absolute Gasteiger partial charge is 0.414 e. The van der Waals surface area contributed by atoms with Gasteiger partial charge < -0.3 is 20.9 Å². The number of aliphatic hydroxyl groups excluding tert-OH is 1. The second-order valence-electron chi connectivity index (χ2n) is 4.11. The summed E-state index contributed by atoms with van der Waals surface area (Å²) in [5.74, 6) is -0.489. The highest BCUT2D eigenvalue weighted by Crippen LogP contribution is 2.23. The number of hydrogen-bond donors (Lipinski definition) is 3. The molecule has 1 aromatic carbocycles. The monoisotopic (exact) mass is 265 g/mol. The van der Waals surface area contributed by atoms with Crippen LogP contribution in [0.1, 0.15) is 0 Å². The van der Waals surface area contributed by atoms with Gasteiger partial charge in [-0.1, -0.05) is 0 Å². The van der Waals surface area contributed by atoms with Crippen molar-refractivity contribution < 1.29 is 19.4 Å². The van der Waals surface area contributed by atoms with Gasteiger partial charge in [-0.05, 0) is 24.3 Å². The average Bonchev–Trinajstić information content (AvgIpc) is 2.81. The lowest BCUT2D eigenvalue weighted by Crippen LogP contribution is -2.27. The van der Waals surface area contributed by atoms with E-state index in [4.69, 9.17) is 15.6 Å². The zero-order valence-electron chi connectivity index (χ0n) is 10.2. The van der Waals surface area contributed by atoms with Crippen LogP contribution >= 0.6 is 0 Å². The second kappa shape index (κ2) is 5.68. The molecule has 0 spiro atoms. The number of anilines is 2. The lowest BCUT2D eigenvalue weighted by molar-refractivity contribution is -0.118. The summed E-state index contributed by atoms with van der Waals surface area (Å²) in [6.45, 7) is 0.128. The fourth-order valence-electron chi connectivity index (χ4n) is 1.78. The molecule has 1 fully saturated rings. The summed E-state index contributed by atoms with van der Waals surface area (Å²) in [4.78, 5) is 24.1. The van der Waals surface area contributed by atoms with Gasteiger partial charge in [0, 0.05) is 17.9 Å². The summed E-state index contributed by atoms with van der Waals surface area (Å²) in [6.07, 6.45) is -0.719. The molecule has 2 rings (SSSR count). The summed E-state index contributed by atoms with van der Waals surface area (Å²) in [6, 6.07) is 6.66. The number of cyclic esters (lactones) is 1. The molecule has 1 aromatic rings. The third-order valence-electron chi connectivity index (χ3n) is 2.74. The first-order chi connectivity index (χ1) is 9.13. The number of ether oxygens (including phenoxy) is 1. The number of carbonyl (C=O) groups is 2. The number of nitrogens with two attached hydrogens (primary N) is 1. The zero-order chi connectivity index (χ0) is 13.8. The van der Waals surface area contributed by atoms with Gasteiger partial charge in [0.15, 0.2) is 0 Å². The normalized spacial score (nSPS) is 18.3. The first kappa shape index (κ1) is 13.3. The molecular formula is C12H15N3O4. The van der Waals surface area contributed by atoms with Crippen molar-refractivity contribution in [1.29, 1.82) is 0 Å². The molecule has 1 saturated heterocycles.